The summed E-state index contributed by atoms with van der Waals surface area (Å²) in [7, 11) is 0. The molecule has 1 heterocycles. The van der Waals surface area contributed by atoms with E-state index in [9.17, 15) is 4.79 Å². The van der Waals surface area contributed by atoms with E-state index in [1.165, 1.54) is 4.68 Å². The van der Waals surface area contributed by atoms with Crippen molar-refractivity contribution in [2.24, 2.45) is 0 Å². The van der Waals surface area contributed by atoms with E-state index < -0.39 is 0 Å². The molecule has 6 nitrogen and oxygen atoms in total. The van der Waals surface area contributed by atoms with Gasteiger partial charge in [-0.25, -0.2) is 0 Å². The van der Waals surface area contributed by atoms with Gasteiger partial charge in [-0.3, -0.25) is 4.79 Å². The Kier molecular flexibility index (Phi) is 4.05. The SMILES string of the molecule is CC(NC(=O)c1nnn(-c2ccccc2)c1N)c1ccccc1. The number of nitrogens with one attached hydrogen (secondary N) is 1. The molecule has 2 aromatic carbocycles. The molecular weight excluding hydrogens is 290 g/mol. The van der Waals surface area contributed by atoms with Gasteiger partial charge in [-0.2, -0.15) is 4.68 Å². The third-order valence-electron chi connectivity index (χ3n) is 3.57. The first-order valence-electron chi connectivity index (χ1n) is 7.29. The van der Waals surface area contributed by atoms with Crippen molar-refractivity contribution < 1.29 is 4.79 Å². The molecule has 1 amide bonds. The van der Waals surface area contributed by atoms with Crippen LogP contribution in [-0.4, -0.2) is 20.9 Å². The number of carbonyl (C=O) groups is 1. The van der Waals surface area contributed by atoms with Gasteiger partial charge in [0.1, 0.15) is 0 Å². The maximum absolute atomic E-state index is 12.4. The van der Waals surface area contributed by atoms with Gasteiger partial charge in [0.2, 0.25) is 0 Å². The van der Waals surface area contributed by atoms with Crippen molar-refractivity contribution >= 4 is 11.7 Å². The minimum Gasteiger partial charge on any atom is -0.382 e. The fourth-order valence-corrected chi connectivity index (χ4v) is 2.30. The highest BCUT2D eigenvalue weighted by Crippen LogP contribution is 2.16. The number of nitrogens with two attached hydrogens (primary N) is 1. The van der Waals surface area contributed by atoms with Crippen LogP contribution in [0.1, 0.15) is 29.0 Å². The van der Waals surface area contributed by atoms with E-state index in [2.05, 4.69) is 15.6 Å². The molecule has 0 aliphatic carbocycles. The average Bonchev–Trinajstić information content (AvgIpc) is 2.98. The molecule has 3 rings (SSSR count). The average molecular weight is 307 g/mol. The summed E-state index contributed by atoms with van der Waals surface area (Å²) in [6.07, 6.45) is 0. The lowest BCUT2D eigenvalue weighted by Gasteiger charge is -2.13. The second-order valence-corrected chi connectivity index (χ2v) is 5.18. The molecule has 0 aliphatic heterocycles. The molecule has 23 heavy (non-hydrogen) atoms. The first-order valence-corrected chi connectivity index (χ1v) is 7.29. The molecule has 1 aromatic heterocycles. The zero-order valence-electron chi connectivity index (χ0n) is 12.7. The summed E-state index contributed by atoms with van der Waals surface area (Å²) in [5, 5.41) is 10.8. The molecule has 0 radical (unpaired) electrons. The Morgan fingerprint density at radius 2 is 1.70 bits per heavy atom. The Morgan fingerprint density at radius 1 is 1.09 bits per heavy atom. The van der Waals surface area contributed by atoms with Crippen LogP contribution in [0.25, 0.3) is 5.69 Å². The van der Waals surface area contributed by atoms with Crippen molar-refractivity contribution in [3.8, 4) is 5.69 Å². The number of nitrogens with zero attached hydrogens (tertiary/aromatic N) is 3. The molecule has 116 valence electrons. The third kappa shape index (κ3) is 3.06. The number of carbonyl (C=O) groups excluding carboxylic acids is 1. The molecule has 3 aromatic rings. The van der Waals surface area contributed by atoms with Crippen LogP contribution < -0.4 is 11.1 Å². The van der Waals surface area contributed by atoms with E-state index in [4.69, 9.17) is 5.73 Å². The van der Waals surface area contributed by atoms with Crippen LogP contribution in [0, 0.1) is 0 Å². The van der Waals surface area contributed by atoms with Crippen molar-refractivity contribution in [1.82, 2.24) is 20.3 Å². The molecule has 1 atom stereocenters. The molecule has 0 spiro atoms. The largest absolute Gasteiger partial charge is 0.382 e. The topological polar surface area (TPSA) is 85.8 Å². The van der Waals surface area contributed by atoms with E-state index in [0.717, 1.165) is 11.3 Å². The number of aromatic nitrogens is 3. The summed E-state index contributed by atoms with van der Waals surface area (Å²) in [5.74, 6) is -0.130. The fourth-order valence-electron chi connectivity index (χ4n) is 2.30. The van der Waals surface area contributed by atoms with E-state index in [0.29, 0.717) is 0 Å². The first-order chi connectivity index (χ1) is 11.2. The van der Waals surface area contributed by atoms with Gasteiger partial charge in [0.25, 0.3) is 5.91 Å². The third-order valence-corrected chi connectivity index (χ3v) is 3.57. The molecular formula is C17H17N5O. The Balaban J connectivity index is 1.80. The second-order valence-electron chi connectivity index (χ2n) is 5.18. The lowest BCUT2D eigenvalue weighted by molar-refractivity contribution is 0.0935. The fraction of sp³-hybridized carbons (Fsp3) is 0.118. The second kappa shape index (κ2) is 6.31. The van der Waals surface area contributed by atoms with Gasteiger partial charge in [0.05, 0.1) is 11.7 Å². The molecule has 0 aliphatic rings. The molecule has 6 heteroatoms. The van der Waals surface area contributed by atoms with Crippen molar-refractivity contribution in [1.29, 1.82) is 0 Å². The lowest BCUT2D eigenvalue weighted by Crippen LogP contribution is -2.27. The predicted octanol–water partition coefficient (Wildman–Crippen LogP) is 2.34. The molecule has 0 fully saturated rings. The number of benzene rings is 2. The maximum Gasteiger partial charge on any atom is 0.276 e. The molecule has 3 N–H and O–H groups in total. The van der Waals surface area contributed by atoms with Gasteiger partial charge in [-0.1, -0.05) is 53.7 Å². The van der Waals surface area contributed by atoms with Gasteiger partial charge in [-0.15, -0.1) is 5.10 Å². The lowest BCUT2D eigenvalue weighted by atomic mass is 10.1. The number of nitrogen functional groups attached to an aromatic ring is 1. The highest BCUT2D eigenvalue weighted by Gasteiger charge is 2.20. The molecule has 0 saturated carbocycles. The highest BCUT2D eigenvalue weighted by molar-refractivity contribution is 5.96. The zero-order chi connectivity index (χ0) is 16.2. The Bertz CT molecular complexity index is 798. The van der Waals surface area contributed by atoms with Crippen LogP contribution in [0.15, 0.2) is 60.7 Å². The zero-order valence-corrected chi connectivity index (χ0v) is 12.7. The van der Waals surface area contributed by atoms with Crippen molar-refractivity contribution in [3.05, 3.63) is 71.9 Å². The summed E-state index contributed by atoms with van der Waals surface area (Å²) < 4.78 is 1.45. The van der Waals surface area contributed by atoms with Crippen LogP contribution in [0.3, 0.4) is 0 Å². The summed E-state index contributed by atoms with van der Waals surface area (Å²) in [4.78, 5) is 12.4. The van der Waals surface area contributed by atoms with E-state index in [-0.39, 0.29) is 23.5 Å². The number of hydrogen-bond donors (Lipinski definition) is 2. The van der Waals surface area contributed by atoms with Crippen molar-refractivity contribution in [2.45, 2.75) is 13.0 Å². The van der Waals surface area contributed by atoms with Crippen LogP contribution >= 0.6 is 0 Å². The highest BCUT2D eigenvalue weighted by atomic mass is 16.2. The minimum absolute atomic E-state index is 0.122. The Labute approximate surface area is 133 Å². The smallest absolute Gasteiger partial charge is 0.276 e. The summed E-state index contributed by atoms with van der Waals surface area (Å²) in [5.41, 5.74) is 7.92. The predicted molar refractivity (Wildman–Crippen MR) is 88.1 cm³/mol. The number of anilines is 1. The summed E-state index contributed by atoms with van der Waals surface area (Å²) in [6, 6.07) is 18.9. The maximum atomic E-state index is 12.4. The van der Waals surface area contributed by atoms with E-state index in [1.807, 2.05) is 67.6 Å². The molecule has 0 bridgehead atoms. The number of hydrogen-bond acceptors (Lipinski definition) is 4. The van der Waals surface area contributed by atoms with Gasteiger partial charge >= 0.3 is 0 Å². The van der Waals surface area contributed by atoms with Gasteiger partial charge in [0.15, 0.2) is 11.5 Å². The van der Waals surface area contributed by atoms with Crippen LogP contribution in [0.5, 0.6) is 0 Å². The minimum atomic E-state index is -0.346. The Hall–Kier alpha value is -3.15. The molecule has 0 saturated heterocycles. The number of amides is 1. The van der Waals surface area contributed by atoms with Crippen LogP contribution in [0.4, 0.5) is 5.82 Å². The normalized spacial score (nSPS) is 11.9. The quantitative estimate of drug-likeness (QED) is 0.774. The Morgan fingerprint density at radius 3 is 2.35 bits per heavy atom. The van der Waals surface area contributed by atoms with Gasteiger partial charge in [0, 0.05) is 0 Å². The monoisotopic (exact) mass is 307 g/mol. The van der Waals surface area contributed by atoms with Crippen molar-refractivity contribution in [3.63, 3.8) is 0 Å². The standard InChI is InChI=1S/C17H17N5O/c1-12(13-8-4-2-5-9-13)19-17(23)15-16(18)22(21-20-15)14-10-6-3-7-11-14/h2-12H,18H2,1H3,(H,19,23). The van der Waals surface area contributed by atoms with E-state index >= 15 is 0 Å². The van der Waals surface area contributed by atoms with E-state index in [1.54, 1.807) is 0 Å². The summed E-state index contributed by atoms with van der Waals surface area (Å²) in [6.45, 7) is 1.91. The van der Waals surface area contributed by atoms with Crippen molar-refractivity contribution in [2.75, 3.05) is 5.73 Å². The van der Waals surface area contributed by atoms with Crippen LogP contribution in [-0.2, 0) is 0 Å². The van der Waals surface area contributed by atoms with Gasteiger partial charge < -0.3 is 11.1 Å². The van der Waals surface area contributed by atoms with Crippen LogP contribution in [0.2, 0.25) is 0 Å². The van der Waals surface area contributed by atoms with Gasteiger partial charge in [-0.05, 0) is 24.6 Å². The molecule has 1 unspecified atom stereocenters. The summed E-state index contributed by atoms with van der Waals surface area (Å²) >= 11 is 0. The number of para-hydroxylation sites is 1. The number of rotatable bonds is 4. The first kappa shape index (κ1) is 14.8.